The second kappa shape index (κ2) is 5.73. The zero-order chi connectivity index (χ0) is 13.8. The summed E-state index contributed by atoms with van der Waals surface area (Å²) in [6.45, 7) is 3.14. The molecule has 104 valence electrons. The first-order chi connectivity index (χ1) is 9.11. The molecule has 1 saturated heterocycles. The van der Waals surface area contributed by atoms with E-state index in [2.05, 4.69) is 10.4 Å². The van der Waals surface area contributed by atoms with Gasteiger partial charge < -0.3 is 15.3 Å². The minimum atomic E-state index is -0.945. The lowest BCUT2D eigenvalue weighted by atomic mass is 10.0. The summed E-state index contributed by atoms with van der Waals surface area (Å²) in [5.41, 5.74) is 0.585. The maximum Gasteiger partial charge on any atom is 0.326 e. The van der Waals surface area contributed by atoms with Gasteiger partial charge in [-0.25, -0.2) is 9.59 Å². The third-order valence-corrected chi connectivity index (χ3v) is 3.26. The number of nitrogens with zero attached hydrogens (tertiary/aromatic N) is 3. The molecule has 0 aromatic carbocycles. The molecule has 1 atom stereocenters. The standard InChI is InChI=1S/C12H18N4O3/c1-2-15-8-9(7-13-15)14-12(19)16-6-4-3-5-10(16)11(17)18/h7-8,10H,2-6H2,1H3,(H,14,19)(H,17,18). The largest absolute Gasteiger partial charge is 0.480 e. The Hall–Kier alpha value is -2.05. The van der Waals surface area contributed by atoms with Crippen molar-refractivity contribution in [1.29, 1.82) is 0 Å². The average Bonchev–Trinajstić information content (AvgIpc) is 2.86. The number of rotatable bonds is 3. The fraction of sp³-hybridized carbons (Fsp3) is 0.583. The van der Waals surface area contributed by atoms with Crippen molar-refractivity contribution in [3.63, 3.8) is 0 Å². The fourth-order valence-corrected chi connectivity index (χ4v) is 2.23. The van der Waals surface area contributed by atoms with Gasteiger partial charge in [0.1, 0.15) is 6.04 Å². The molecule has 7 nitrogen and oxygen atoms in total. The van der Waals surface area contributed by atoms with Crippen molar-refractivity contribution in [3.8, 4) is 0 Å². The Balaban J connectivity index is 2.03. The minimum absolute atomic E-state index is 0.372. The number of anilines is 1. The van der Waals surface area contributed by atoms with E-state index in [0.29, 0.717) is 18.7 Å². The van der Waals surface area contributed by atoms with Gasteiger partial charge in [0.05, 0.1) is 11.9 Å². The van der Waals surface area contributed by atoms with Gasteiger partial charge in [0, 0.05) is 19.3 Å². The molecule has 1 aromatic rings. The Morgan fingerprint density at radius 2 is 2.32 bits per heavy atom. The summed E-state index contributed by atoms with van der Waals surface area (Å²) in [7, 11) is 0. The van der Waals surface area contributed by atoms with E-state index in [4.69, 9.17) is 5.11 Å². The summed E-state index contributed by atoms with van der Waals surface area (Å²) in [4.78, 5) is 24.6. The smallest absolute Gasteiger partial charge is 0.326 e. The first kappa shape index (κ1) is 13.4. The number of amides is 2. The van der Waals surface area contributed by atoms with E-state index in [1.165, 1.54) is 4.90 Å². The molecule has 1 aliphatic rings. The van der Waals surface area contributed by atoms with Crippen LogP contribution in [0.3, 0.4) is 0 Å². The molecule has 0 bridgehead atoms. The molecule has 0 aliphatic carbocycles. The fourth-order valence-electron chi connectivity index (χ4n) is 2.23. The predicted molar refractivity (Wildman–Crippen MR) is 68.9 cm³/mol. The average molecular weight is 266 g/mol. The van der Waals surface area contributed by atoms with Crippen molar-refractivity contribution in [2.24, 2.45) is 0 Å². The molecule has 1 aromatic heterocycles. The Bertz CT molecular complexity index is 471. The summed E-state index contributed by atoms with van der Waals surface area (Å²) in [5, 5.41) is 15.9. The first-order valence-electron chi connectivity index (χ1n) is 6.44. The summed E-state index contributed by atoms with van der Waals surface area (Å²) in [6, 6.07) is -1.10. The number of carbonyl (C=O) groups excluding carboxylic acids is 1. The summed E-state index contributed by atoms with van der Waals surface area (Å²) >= 11 is 0. The van der Waals surface area contributed by atoms with Gasteiger partial charge in [0.2, 0.25) is 0 Å². The van der Waals surface area contributed by atoms with Gasteiger partial charge >= 0.3 is 12.0 Å². The van der Waals surface area contributed by atoms with Crippen molar-refractivity contribution >= 4 is 17.7 Å². The number of carbonyl (C=O) groups is 2. The second-order valence-electron chi connectivity index (χ2n) is 4.56. The van der Waals surface area contributed by atoms with Gasteiger partial charge in [0.25, 0.3) is 0 Å². The quantitative estimate of drug-likeness (QED) is 0.865. The Morgan fingerprint density at radius 3 is 2.95 bits per heavy atom. The van der Waals surface area contributed by atoms with E-state index < -0.39 is 12.0 Å². The third kappa shape index (κ3) is 3.04. The molecule has 2 N–H and O–H groups in total. The Morgan fingerprint density at radius 1 is 1.53 bits per heavy atom. The van der Waals surface area contributed by atoms with Crippen LogP contribution < -0.4 is 5.32 Å². The number of carboxylic acids is 1. The highest BCUT2D eigenvalue weighted by atomic mass is 16.4. The van der Waals surface area contributed by atoms with E-state index in [-0.39, 0.29) is 6.03 Å². The highest BCUT2D eigenvalue weighted by molar-refractivity contribution is 5.92. The van der Waals surface area contributed by atoms with Crippen LogP contribution in [0.5, 0.6) is 0 Å². The first-order valence-corrected chi connectivity index (χ1v) is 6.44. The van der Waals surface area contributed by atoms with Crippen molar-refractivity contribution in [3.05, 3.63) is 12.4 Å². The third-order valence-electron chi connectivity index (χ3n) is 3.26. The van der Waals surface area contributed by atoms with Crippen LogP contribution in [0.1, 0.15) is 26.2 Å². The van der Waals surface area contributed by atoms with Crippen molar-refractivity contribution in [1.82, 2.24) is 14.7 Å². The molecular weight excluding hydrogens is 248 g/mol. The van der Waals surface area contributed by atoms with Crippen LogP contribution in [0, 0.1) is 0 Å². The van der Waals surface area contributed by atoms with Gasteiger partial charge in [-0.1, -0.05) is 0 Å². The van der Waals surface area contributed by atoms with Gasteiger partial charge in [-0.05, 0) is 26.2 Å². The number of hydrogen-bond acceptors (Lipinski definition) is 3. The lowest BCUT2D eigenvalue weighted by molar-refractivity contribution is -0.143. The van der Waals surface area contributed by atoms with Crippen molar-refractivity contribution in [2.75, 3.05) is 11.9 Å². The molecular formula is C12H18N4O3. The highest BCUT2D eigenvalue weighted by Gasteiger charge is 2.32. The predicted octanol–water partition coefficient (Wildman–Crippen LogP) is 1.37. The van der Waals surface area contributed by atoms with Crippen LogP contribution in [0.2, 0.25) is 0 Å². The van der Waals surface area contributed by atoms with Crippen LogP contribution in [0.25, 0.3) is 0 Å². The zero-order valence-electron chi connectivity index (χ0n) is 10.9. The normalized spacial score (nSPS) is 19.2. The summed E-state index contributed by atoms with van der Waals surface area (Å²) in [5.74, 6) is -0.945. The maximum absolute atomic E-state index is 12.1. The minimum Gasteiger partial charge on any atom is -0.480 e. The van der Waals surface area contributed by atoms with Gasteiger partial charge in [-0.15, -0.1) is 0 Å². The van der Waals surface area contributed by atoms with E-state index >= 15 is 0 Å². The van der Waals surface area contributed by atoms with Crippen LogP contribution in [-0.2, 0) is 11.3 Å². The molecule has 0 radical (unpaired) electrons. The number of urea groups is 1. The molecule has 2 heterocycles. The van der Waals surface area contributed by atoms with Gasteiger partial charge in [-0.3, -0.25) is 4.68 Å². The SMILES string of the molecule is CCn1cc(NC(=O)N2CCCCC2C(=O)O)cn1. The highest BCUT2D eigenvalue weighted by Crippen LogP contribution is 2.18. The van der Waals surface area contributed by atoms with E-state index in [1.807, 2.05) is 6.92 Å². The topological polar surface area (TPSA) is 87.5 Å². The lowest BCUT2D eigenvalue weighted by Gasteiger charge is -2.32. The molecule has 1 unspecified atom stereocenters. The molecule has 1 fully saturated rings. The van der Waals surface area contributed by atoms with Crippen LogP contribution in [0.15, 0.2) is 12.4 Å². The molecule has 2 rings (SSSR count). The molecule has 0 saturated carbocycles. The van der Waals surface area contributed by atoms with Crippen LogP contribution >= 0.6 is 0 Å². The van der Waals surface area contributed by atoms with E-state index in [0.717, 1.165) is 19.4 Å². The second-order valence-corrected chi connectivity index (χ2v) is 4.56. The number of likely N-dealkylation sites (tertiary alicyclic amines) is 1. The maximum atomic E-state index is 12.1. The molecule has 0 spiro atoms. The molecule has 2 amide bonds. The van der Waals surface area contributed by atoms with Crippen molar-refractivity contribution < 1.29 is 14.7 Å². The van der Waals surface area contributed by atoms with Gasteiger partial charge in [0.15, 0.2) is 0 Å². The number of hydrogen-bond donors (Lipinski definition) is 2. The zero-order valence-corrected chi connectivity index (χ0v) is 10.9. The number of piperidine rings is 1. The monoisotopic (exact) mass is 266 g/mol. The van der Waals surface area contributed by atoms with Crippen molar-refractivity contribution in [2.45, 2.75) is 38.8 Å². The molecule has 7 heteroatoms. The molecule has 19 heavy (non-hydrogen) atoms. The summed E-state index contributed by atoms with van der Waals surface area (Å²) < 4.78 is 1.69. The van der Waals surface area contributed by atoms with Crippen LogP contribution in [0.4, 0.5) is 10.5 Å². The van der Waals surface area contributed by atoms with E-state index in [1.54, 1.807) is 17.1 Å². The number of aromatic nitrogens is 2. The number of nitrogens with one attached hydrogen (secondary N) is 1. The molecule has 1 aliphatic heterocycles. The Kier molecular flexibility index (Phi) is 4.03. The Labute approximate surface area is 111 Å². The number of aliphatic carboxylic acids is 1. The van der Waals surface area contributed by atoms with E-state index in [9.17, 15) is 9.59 Å². The number of carboxylic acid groups (broad SMARTS) is 1. The lowest BCUT2D eigenvalue weighted by Crippen LogP contribution is -2.49. The summed E-state index contributed by atoms with van der Waals surface area (Å²) in [6.07, 6.45) is 5.47. The number of aryl methyl sites for hydroxylation is 1. The van der Waals surface area contributed by atoms with Gasteiger partial charge in [-0.2, -0.15) is 5.10 Å². The van der Waals surface area contributed by atoms with Crippen LogP contribution in [-0.4, -0.2) is 44.4 Å².